The maximum Gasteiger partial charge on any atom is 0.243 e. The van der Waals surface area contributed by atoms with E-state index in [9.17, 15) is 24.0 Å². The van der Waals surface area contributed by atoms with Gasteiger partial charge >= 0.3 is 0 Å². The minimum Gasteiger partial charge on any atom is -0.345 e. The summed E-state index contributed by atoms with van der Waals surface area (Å²) in [5.41, 5.74) is 0. The van der Waals surface area contributed by atoms with E-state index in [-0.39, 0.29) is 23.7 Å². The van der Waals surface area contributed by atoms with Crippen molar-refractivity contribution in [2.45, 2.75) is 118 Å². The van der Waals surface area contributed by atoms with Crippen LogP contribution in [0.4, 0.5) is 0 Å². The van der Waals surface area contributed by atoms with Crippen LogP contribution in [-0.2, 0) is 24.0 Å². The van der Waals surface area contributed by atoms with Gasteiger partial charge in [-0.3, -0.25) is 19.2 Å². The number of amides is 4. The molecule has 0 aromatic carbocycles. The van der Waals surface area contributed by atoms with Crippen molar-refractivity contribution in [2.24, 2.45) is 17.8 Å². The lowest BCUT2D eigenvalue weighted by molar-refractivity contribution is -0.134. The molecule has 9 nitrogen and oxygen atoms in total. The fraction of sp³-hybridized carbons (Fsp3) is 0.808. The number of hydrogen-bond acceptors (Lipinski definition) is 5. The molecule has 0 saturated heterocycles. The fourth-order valence-corrected chi connectivity index (χ4v) is 3.78. The quantitative estimate of drug-likeness (QED) is 0.230. The van der Waals surface area contributed by atoms with Gasteiger partial charge in [-0.25, -0.2) is 0 Å². The Kier molecular flexibility index (Phi) is 15.9. The number of carbonyl (C=O) groups is 5. The van der Waals surface area contributed by atoms with E-state index in [1.165, 1.54) is 6.92 Å². The van der Waals surface area contributed by atoms with Crippen molar-refractivity contribution in [2.75, 3.05) is 0 Å². The maximum atomic E-state index is 13.2. The third-order valence-corrected chi connectivity index (χ3v) is 5.44. The summed E-state index contributed by atoms with van der Waals surface area (Å²) in [5, 5.41) is 11.0. The van der Waals surface area contributed by atoms with Crippen LogP contribution in [0.2, 0.25) is 0 Å². The molecule has 9 heteroatoms. The van der Waals surface area contributed by atoms with Gasteiger partial charge in [0.1, 0.15) is 24.4 Å². The average molecular weight is 497 g/mol. The summed E-state index contributed by atoms with van der Waals surface area (Å²) in [4.78, 5) is 62.2. The van der Waals surface area contributed by atoms with Crippen molar-refractivity contribution in [1.82, 2.24) is 21.3 Å². The van der Waals surface area contributed by atoms with Gasteiger partial charge in [0, 0.05) is 6.92 Å². The second-order valence-corrected chi connectivity index (χ2v) is 10.7. The molecule has 0 spiro atoms. The van der Waals surface area contributed by atoms with E-state index in [4.69, 9.17) is 0 Å². The van der Waals surface area contributed by atoms with Gasteiger partial charge in [0.25, 0.3) is 0 Å². The zero-order valence-corrected chi connectivity index (χ0v) is 22.9. The number of carbonyl (C=O) groups excluding carboxylic acids is 5. The normalized spacial score (nSPS) is 14.7. The Labute approximate surface area is 211 Å². The van der Waals surface area contributed by atoms with E-state index < -0.39 is 41.9 Å². The molecule has 0 bridgehead atoms. The van der Waals surface area contributed by atoms with Crippen LogP contribution >= 0.6 is 0 Å². The summed E-state index contributed by atoms with van der Waals surface area (Å²) in [5.74, 6) is -1.25. The first-order chi connectivity index (χ1) is 16.3. The topological polar surface area (TPSA) is 133 Å². The van der Waals surface area contributed by atoms with Gasteiger partial charge in [0.15, 0.2) is 0 Å². The lowest BCUT2D eigenvalue weighted by Crippen LogP contribution is -2.57. The molecule has 0 unspecified atom stereocenters. The van der Waals surface area contributed by atoms with E-state index in [2.05, 4.69) is 21.3 Å². The van der Waals surface area contributed by atoms with Crippen LogP contribution in [0.15, 0.2) is 0 Å². The van der Waals surface area contributed by atoms with Crippen molar-refractivity contribution in [3.63, 3.8) is 0 Å². The Morgan fingerprint density at radius 3 is 1.34 bits per heavy atom. The van der Waals surface area contributed by atoms with Gasteiger partial charge in [-0.1, -0.05) is 61.3 Å². The van der Waals surface area contributed by atoms with E-state index in [0.717, 1.165) is 19.1 Å². The van der Waals surface area contributed by atoms with Crippen LogP contribution < -0.4 is 21.3 Å². The molecular formula is C26H48N4O5. The average Bonchev–Trinajstić information content (AvgIpc) is 2.73. The molecule has 4 N–H and O–H groups in total. The molecule has 4 amide bonds. The smallest absolute Gasteiger partial charge is 0.243 e. The maximum absolute atomic E-state index is 13.2. The predicted octanol–water partition coefficient (Wildman–Crippen LogP) is 2.47. The number of unbranched alkanes of at least 4 members (excludes halogenated alkanes) is 1. The molecule has 202 valence electrons. The SMILES string of the molecule is CCCC[C@@H](C=O)NC(=O)[C@H](CC(C)C)NC(=O)[C@H](CC(C)C)NC(=O)[C@H](CC(C)C)NC(C)=O. The Balaban J connectivity index is 5.59. The largest absolute Gasteiger partial charge is 0.345 e. The Morgan fingerprint density at radius 1 is 0.657 bits per heavy atom. The summed E-state index contributed by atoms with van der Waals surface area (Å²) < 4.78 is 0. The van der Waals surface area contributed by atoms with Crippen LogP contribution in [0, 0.1) is 17.8 Å². The predicted molar refractivity (Wildman–Crippen MR) is 137 cm³/mol. The summed E-state index contributed by atoms with van der Waals surface area (Å²) >= 11 is 0. The van der Waals surface area contributed by atoms with Crippen LogP contribution in [0.3, 0.4) is 0 Å². The molecule has 0 fully saturated rings. The third-order valence-electron chi connectivity index (χ3n) is 5.44. The molecule has 4 atom stereocenters. The van der Waals surface area contributed by atoms with Crippen molar-refractivity contribution >= 4 is 29.9 Å². The van der Waals surface area contributed by atoms with Crippen molar-refractivity contribution in [1.29, 1.82) is 0 Å². The van der Waals surface area contributed by atoms with E-state index in [1.807, 2.05) is 48.5 Å². The van der Waals surface area contributed by atoms with Crippen LogP contribution in [0.1, 0.15) is 93.9 Å². The molecule has 0 aliphatic rings. The first-order valence-corrected chi connectivity index (χ1v) is 12.9. The summed E-state index contributed by atoms with van der Waals surface area (Å²) in [6.07, 6.45) is 4.17. The first kappa shape index (κ1) is 32.5. The monoisotopic (exact) mass is 496 g/mol. The number of aldehydes is 1. The lowest BCUT2D eigenvalue weighted by atomic mass is 9.98. The highest BCUT2D eigenvalue weighted by molar-refractivity contribution is 5.94. The Bertz CT molecular complexity index is 693. The van der Waals surface area contributed by atoms with Gasteiger partial charge in [-0.15, -0.1) is 0 Å². The van der Waals surface area contributed by atoms with Crippen molar-refractivity contribution in [3.05, 3.63) is 0 Å². The molecule has 0 aromatic rings. The van der Waals surface area contributed by atoms with Gasteiger partial charge in [0.2, 0.25) is 23.6 Å². The minimum atomic E-state index is -0.865. The summed E-state index contributed by atoms with van der Waals surface area (Å²) in [6, 6.07) is -3.05. The number of rotatable bonds is 17. The van der Waals surface area contributed by atoms with Gasteiger partial charge in [0.05, 0.1) is 6.04 Å². The zero-order chi connectivity index (χ0) is 27.1. The molecule has 0 rings (SSSR count). The van der Waals surface area contributed by atoms with Crippen LogP contribution in [0.5, 0.6) is 0 Å². The van der Waals surface area contributed by atoms with E-state index in [0.29, 0.717) is 25.7 Å². The van der Waals surface area contributed by atoms with Crippen molar-refractivity contribution < 1.29 is 24.0 Å². The second-order valence-electron chi connectivity index (χ2n) is 10.7. The summed E-state index contributed by atoms with van der Waals surface area (Å²) in [6.45, 7) is 15.0. The first-order valence-electron chi connectivity index (χ1n) is 12.9. The van der Waals surface area contributed by atoms with Crippen LogP contribution in [-0.4, -0.2) is 54.1 Å². The highest BCUT2D eigenvalue weighted by atomic mass is 16.2. The molecule has 0 aliphatic heterocycles. The van der Waals surface area contributed by atoms with Gasteiger partial charge < -0.3 is 26.1 Å². The van der Waals surface area contributed by atoms with Gasteiger partial charge in [-0.2, -0.15) is 0 Å². The minimum absolute atomic E-state index is 0.0984. The zero-order valence-electron chi connectivity index (χ0n) is 22.9. The highest BCUT2D eigenvalue weighted by Crippen LogP contribution is 2.11. The second kappa shape index (κ2) is 17.1. The molecule has 0 heterocycles. The van der Waals surface area contributed by atoms with E-state index in [1.54, 1.807) is 0 Å². The molecule has 0 aromatic heterocycles. The molecule has 0 saturated carbocycles. The third kappa shape index (κ3) is 14.5. The number of nitrogens with one attached hydrogen (secondary N) is 4. The Hall–Kier alpha value is -2.45. The fourth-order valence-electron chi connectivity index (χ4n) is 3.78. The van der Waals surface area contributed by atoms with Gasteiger partial charge in [-0.05, 0) is 43.4 Å². The summed E-state index contributed by atoms with van der Waals surface area (Å²) in [7, 11) is 0. The molecule has 0 aliphatic carbocycles. The molecular weight excluding hydrogens is 448 g/mol. The lowest BCUT2D eigenvalue weighted by Gasteiger charge is -2.27. The standard InChI is InChI=1S/C26H48N4O5/c1-9-10-11-20(15-31)28-24(33)22(13-17(4)5)29-26(35)23(14-18(6)7)30-25(34)21(12-16(2)3)27-19(8)32/h15-18,20-23H,9-14H2,1-8H3,(H,27,32)(H,28,33)(H,29,35)(H,30,34)/t20-,21-,22-,23-/m0/s1. The van der Waals surface area contributed by atoms with E-state index >= 15 is 0 Å². The number of hydrogen-bond donors (Lipinski definition) is 4. The Morgan fingerprint density at radius 2 is 1.03 bits per heavy atom. The molecule has 35 heavy (non-hydrogen) atoms. The van der Waals surface area contributed by atoms with Crippen LogP contribution in [0.25, 0.3) is 0 Å². The highest BCUT2D eigenvalue weighted by Gasteiger charge is 2.31. The van der Waals surface area contributed by atoms with Crippen molar-refractivity contribution in [3.8, 4) is 0 Å². The molecule has 0 radical (unpaired) electrons.